The molecule has 140 valence electrons. The molecule has 8 heteroatoms. The molecule has 0 saturated heterocycles. The largest absolute Gasteiger partial charge is 0.489 e. The smallest absolute Gasteiger partial charge is 0.219 e. The van der Waals surface area contributed by atoms with Gasteiger partial charge in [0.15, 0.2) is 11.5 Å². The standard InChI is InChI=1S/C18H21ClN2O4S/c1-4-13-12(10-21-25-13)17(23)11-6-7-14(26-3)18(16(11)19)24-9-8-20-15(22)5-2/h6-7,10H,4-5,8-9H2,1-3H3,(H,20,22). The SMILES string of the molecule is CCC(=O)NCCOc1c(SC)ccc(C(=O)c2cnoc2CC)c1Cl. The number of rotatable bonds is 9. The number of nitrogens with one attached hydrogen (secondary N) is 1. The summed E-state index contributed by atoms with van der Waals surface area (Å²) in [5, 5.41) is 6.67. The summed E-state index contributed by atoms with van der Waals surface area (Å²) in [7, 11) is 0. The van der Waals surface area contributed by atoms with E-state index in [0.717, 1.165) is 4.90 Å². The van der Waals surface area contributed by atoms with E-state index >= 15 is 0 Å². The molecule has 0 aliphatic rings. The van der Waals surface area contributed by atoms with Gasteiger partial charge in [0.1, 0.15) is 12.4 Å². The van der Waals surface area contributed by atoms with Crippen molar-refractivity contribution in [2.75, 3.05) is 19.4 Å². The average molecular weight is 397 g/mol. The van der Waals surface area contributed by atoms with Gasteiger partial charge in [-0.1, -0.05) is 30.6 Å². The average Bonchev–Trinajstić information content (AvgIpc) is 3.13. The maximum Gasteiger partial charge on any atom is 0.219 e. The Kier molecular flexibility index (Phi) is 7.53. The Balaban J connectivity index is 2.24. The molecule has 1 N–H and O–H groups in total. The molecule has 0 spiro atoms. The van der Waals surface area contributed by atoms with Crippen LogP contribution >= 0.6 is 23.4 Å². The van der Waals surface area contributed by atoms with Gasteiger partial charge in [0.05, 0.1) is 28.2 Å². The topological polar surface area (TPSA) is 81.4 Å². The van der Waals surface area contributed by atoms with E-state index in [4.69, 9.17) is 20.9 Å². The predicted octanol–water partition coefficient (Wildman–Crippen LogP) is 3.75. The quantitative estimate of drug-likeness (QED) is 0.395. The molecule has 2 aromatic rings. The van der Waals surface area contributed by atoms with Gasteiger partial charge < -0.3 is 14.6 Å². The normalized spacial score (nSPS) is 10.6. The van der Waals surface area contributed by atoms with E-state index in [1.165, 1.54) is 18.0 Å². The van der Waals surface area contributed by atoms with Crippen LogP contribution in [-0.4, -0.2) is 36.3 Å². The Morgan fingerprint density at radius 3 is 2.73 bits per heavy atom. The Morgan fingerprint density at radius 1 is 1.31 bits per heavy atom. The molecule has 0 atom stereocenters. The summed E-state index contributed by atoms with van der Waals surface area (Å²) in [6.45, 7) is 4.28. The van der Waals surface area contributed by atoms with Crippen LogP contribution in [0, 0.1) is 0 Å². The Labute approximate surface area is 161 Å². The highest BCUT2D eigenvalue weighted by atomic mass is 35.5. The Morgan fingerprint density at radius 2 is 2.08 bits per heavy atom. The van der Waals surface area contributed by atoms with Crippen LogP contribution in [0.15, 0.2) is 27.7 Å². The fraction of sp³-hybridized carbons (Fsp3) is 0.389. The molecule has 26 heavy (non-hydrogen) atoms. The van der Waals surface area contributed by atoms with Crippen LogP contribution < -0.4 is 10.1 Å². The zero-order valence-corrected chi connectivity index (χ0v) is 16.5. The molecular formula is C18H21ClN2O4S. The van der Waals surface area contributed by atoms with E-state index in [1.54, 1.807) is 19.1 Å². The van der Waals surface area contributed by atoms with Gasteiger partial charge in [-0.3, -0.25) is 9.59 Å². The minimum atomic E-state index is -0.259. The number of nitrogens with zero attached hydrogens (tertiary/aromatic N) is 1. The van der Waals surface area contributed by atoms with Gasteiger partial charge in [0.2, 0.25) is 5.91 Å². The highest BCUT2D eigenvalue weighted by molar-refractivity contribution is 7.98. The van der Waals surface area contributed by atoms with E-state index < -0.39 is 0 Å². The second-order valence-corrected chi connectivity index (χ2v) is 6.58. The molecule has 1 aromatic heterocycles. The van der Waals surface area contributed by atoms with Crippen molar-refractivity contribution in [3.63, 3.8) is 0 Å². The van der Waals surface area contributed by atoms with Crippen LogP contribution in [0.5, 0.6) is 5.75 Å². The first-order valence-electron chi connectivity index (χ1n) is 8.27. The van der Waals surface area contributed by atoms with Gasteiger partial charge >= 0.3 is 0 Å². The first-order valence-corrected chi connectivity index (χ1v) is 9.87. The molecule has 0 bridgehead atoms. The highest BCUT2D eigenvalue weighted by Gasteiger charge is 2.23. The van der Waals surface area contributed by atoms with Crippen molar-refractivity contribution in [2.45, 2.75) is 31.6 Å². The van der Waals surface area contributed by atoms with Crippen LogP contribution in [0.1, 0.15) is 41.9 Å². The number of aryl methyl sites for hydroxylation is 1. The first-order chi connectivity index (χ1) is 12.5. The van der Waals surface area contributed by atoms with E-state index in [0.29, 0.717) is 42.0 Å². The van der Waals surface area contributed by atoms with Crippen molar-refractivity contribution in [3.05, 3.63) is 40.2 Å². The third-order valence-corrected chi connectivity index (χ3v) is 4.86. The molecule has 1 heterocycles. The van der Waals surface area contributed by atoms with Crippen molar-refractivity contribution < 1.29 is 18.8 Å². The fourth-order valence-corrected chi connectivity index (χ4v) is 3.24. The molecule has 0 unspecified atom stereocenters. The maximum absolute atomic E-state index is 12.8. The lowest BCUT2D eigenvalue weighted by Crippen LogP contribution is -2.27. The van der Waals surface area contributed by atoms with E-state index in [2.05, 4.69) is 10.5 Å². The number of hydrogen-bond donors (Lipinski definition) is 1. The molecule has 6 nitrogen and oxygen atoms in total. The zero-order chi connectivity index (χ0) is 19.1. The van der Waals surface area contributed by atoms with Gasteiger partial charge in [-0.2, -0.15) is 0 Å². The van der Waals surface area contributed by atoms with Crippen molar-refractivity contribution in [3.8, 4) is 5.75 Å². The molecule has 0 aliphatic carbocycles. The van der Waals surface area contributed by atoms with Gasteiger partial charge in [-0.05, 0) is 18.4 Å². The molecule has 1 aromatic carbocycles. The minimum absolute atomic E-state index is 0.0479. The summed E-state index contributed by atoms with van der Waals surface area (Å²) in [6, 6.07) is 3.47. The molecule has 0 saturated carbocycles. The molecule has 0 aliphatic heterocycles. The number of carbonyl (C=O) groups excluding carboxylic acids is 2. The van der Waals surface area contributed by atoms with Crippen molar-refractivity contribution >= 4 is 35.1 Å². The van der Waals surface area contributed by atoms with E-state index in [1.807, 2.05) is 13.2 Å². The monoisotopic (exact) mass is 396 g/mol. The number of hydrogen-bond acceptors (Lipinski definition) is 6. The van der Waals surface area contributed by atoms with Crippen molar-refractivity contribution in [2.24, 2.45) is 0 Å². The van der Waals surface area contributed by atoms with Gasteiger partial charge in [0.25, 0.3) is 0 Å². The van der Waals surface area contributed by atoms with Crippen LogP contribution in [0.4, 0.5) is 0 Å². The first kappa shape index (κ1) is 20.3. The minimum Gasteiger partial charge on any atom is -0.489 e. The number of halogens is 1. The summed E-state index contributed by atoms with van der Waals surface area (Å²) in [5.41, 5.74) is 0.724. The summed E-state index contributed by atoms with van der Waals surface area (Å²) in [5.74, 6) is 0.646. The molecular weight excluding hydrogens is 376 g/mol. The fourth-order valence-electron chi connectivity index (χ4n) is 2.33. The maximum atomic E-state index is 12.8. The van der Waals surface area contributed by atoms with Crippen LogP contribution in [0.2, 0.25) is 5.02 Å². The number of ether oxygens (including phenoxy) is 1. The van der Waals surface area contributed by atoms with E-state index in [-0.39, 0.29) is 23.3 Å². The van der Waals surface area contributed by atoms with Crippen molar-refractivity contribution in [1.82, 2.24) is 10.5 Å². The zero-order valence-electron chi connectivity index (χ0n) is 14.9. The van der Waals surface area contributed by atoms with Crippen molar-refractivity contribution in [1.29, 1.82) is 0 Å². The van der Waals surface area contributed by atoms with Crippen LogP contribution in [-0.2, 0) is 11.2 Å². The molecule has 2 rings (SSSR count). The third-order valence-electron chi connectivity index (χ3n) is 3.73. The number of thioether (sulfide) groups is 1. The Bertz CT molecular complexity index is 791. The lowest BCUT2D eigenvalue weighted by Gasteiger charge is -2.14. The second-order valence-electron chi connectivity index (χ2n) is 5.36. The number of ketones is 1. The Hall–Kier alpha value is -1.99. The predicted molar refractivity (Wildman–Crippen MR) is 101 cm³/mol. The van der Waals surface area contributed by atoms with Crippen LogP contribution in [0.25, 0.3) is 0 Å². The summed E-state index contributed by atoms with van der Waals surface area (Å²) >= 11 is 7.94. The van der Waals surface area contributed by atoms with Gasteiger partial charge in [-0.15, -0.1) is 11.8 Å². The number of aromatic nitrogens is 1. The molecule has 0 fully saturated rings. The third kappa shape index (κ3) is 4.59. The lowest BCUT2D eigenvalue weighted by atomic mass is 10.0. The highest BCUT2D eigenvalue weighted by Crippen LogP contribution is 2.38. The summed E-state index contributed by atoms with van der Waals surface area (Å²) in [6.07, 6.45) is 4.27. The number of carbonyl (C=O) groups is 2. The molecule has 0 radical (unpaired) electrons. The lowest BCUT2D eigenvalue weighted by molar-refractivity contribution is -0.120. The number of benzene rings is 1. The molecule has 1 amide bonds. The summed E-state index contributed by atoms with van der Waals surface area (Å²) < 4.78 is 10.9. The summed E-state index contributed by atoms with van der Waals surface area (Å²) in [4.78, 5) is 24.9. The van der Waals surface area contributed by atoms with Gasteiger partial charge in [0, 0.05) is 18.4 Å². The second kappa shape index (κ2) is 9.64. The van der Waals surface area contributed by atoms with Crippen LogP contribution in [0.3, 0.4) is 0 Å². The van der Waals surface area contributed by atoms with E-state index in [9.17, 15) is 9.59 Å². The number of amides is 1. The van der Waals surface area contributed by atoms with Gasteiger partial charge in [-0.25, -0.2) is 0 Å².